The van der Waals surface area contributed by atoms with Gasteiger partial charge in [-0.25, -0.2) is 0 Å². The maximum atomic E-state index is 12.3. The normalized spacial score (nSPS) is 47.9. The van der Waals surface area contributed by atoms with Gasteiger partial charge < -0.3 is 10.2 Å². The molecule has 0 aromatic heterocycles. The number of fused-ring (bicyclic) bond motifs is 7. The molecule has 30 heavy (non-hydrogen) atoms. The summed E-state index contributed by atoms with van der Waals surface area (Å²) in [5.41, 5.74) is -0.566. The van der Waals surface area contributed by atoms with Crippen molar-refractivity contribution in [1.29, 1.82) is 0 Å². The molecular formula is C24H31ClO5. The summed E-state index contributed by atoms with van der Waals surface area (Å²) in [4.78, 5) is 33.6. The predicted molar refractivity (Wildman–Crippen MR) is 113 cm³/mol. The first-order chi connectivity index (χ1) is 13.9. The Kier molecular flexibility index (Phi) is 4.91. The van der Waals surface area contributed by atoms with E-state index in [1.807, 2.05) is 6.08 Å². The quantitative estimate of drug-likeness (QED) is 0.647. The molecule has 0 radical (unpaired) electrons. The van der Waals surface area contributed by atoms with Gasteiger partial charge in [0.2, 0.25) is 0 Å². The number of ketones is 2. The molecule has 0 heterocycles. The topological polar surface area (TPSA) is 91.7 Å². The molecule has 0 aromatic carbocycles. The third-order valence-corrected chi connectivity index (χ3v) is 9.56. The molecule has 8 atom stereocenters. The Morgan fingerprint density at radius 2 is 1.70 bits per heavy atom. The number of rotatable bonds is 1. The van der Waals surface area contributed by atoms with Crippen LogP contribution in [-0.4, -0.2) is 33.3 Å². The summed E-state index contributed by atoms with van der Waals surface area (Å²) < 4.78 is 0. The molecular weight excluding hydrogens is 404 g/mol. The van der Waals surface area contributed by atoms with Gasteiger partial charge >= 0.3 is 0 Å². The molecule has 3 saturated carbocycles. The Morgan fingerprint density at radius 3 is 2.30 bits per heavy atom. The molecule has 5 aliphatic carbocycles. The molecule has 5 rings (SSSR count). The van der Waals surface area contributed by atoms with Crippen LogP contribution in [0.25, 0.3) is 0 Å². The summed E-state index contributed by atoms with van der Waals surface area (Å²) >= 11 is 6.73. The van der Waals surface area contributed by atoms with Crippen molar-refractivity contribution < 1.29 is 24.6 Å². The second-order valence-electron chi connectivity index (χ2n) is 10.4. The van der Waals surface area contributed by atoms with E-state index in [1.165, 1.54) is 6.92 Å². The fourth-order valence-corrected chi connectivity index (χ4v) is 7.96. The summed E-state index contributed by atoms with van der Waals surface area (Å²) in [5, 5.41) is 19.4. The molecule has 5 aliphatic rings. The van der Waals surface area contributed by atoms with Crippen molar-refractivity contribution >= 4 is 29.1 Å². The zero-order valence-corrected chi connectivity index (χ0v) is 18.8. The lowest BCUT2D eigenvalue weighted by Gasteiger charge is -2.57. The van der Waals surface area contributed by atoms with Gasteiger partial charge in [-0.1, -0.05) is 31.5 Å². The minimum absolute atomic E-state index is 0.0344. The highest BCUT2D eigenvalue weighted by molar-refractivity contribution is 6.32. The van der Waals surface area contributed by atoms with Gasteiger partial charge in [-0.3, -0.25) is 14.4 Å². The summed E-state index contributed by atoms with van der Waals surface area (Å²) in [6.07, 6.45) is 8.25. The number of carbonyl (C=O) groups is 3. The van der Waals surface area contributed by atoms with Crippen molar-refractivity contribution in [1.82, 2.24) is 0 Å². The number of Topliss-reactive ketones (excluding diaryl/α,β-unsaturated/α-hetero) is 1. The second-order valence-corrected chi connectivity index (χ2v) is 10.8. The summed E-state index contributed by atoms with van der Waals surface area (Å²) in [7, 11) is 0. The number of halogens is 1. The van der Waals surface area contributed by atoms with E-state index < -0.39 is 11.6 Å². The average Bonchev–Trinajstić information content (AvgIpc) is 3.40. The van der Waals surface area contributed by atoms with Gasteiger partial charge in [0.05, 0.1) is 0 Å². The predicted octanol–water partition coefficient (Wildman–Crippen LogP) is 4.13. The first-order valence-corrected chi connectivity index (χ1v) is 11.3. The Labute approximate surface area is 182 Å². The van der Waals surface area contributed by atoms with Crippen molar-refractivity contribution in [2.24, 2.45) is 40.4 Å². The van der Waals surface area contributed by atoms with Crippen LogP contribution in [0.2, 0.25) is 0 Å². The monoisotopic (exact) mass is 434 g/mol. The standard InChI is InChI=1S/C22H27ClO3.C2H4O2/c1-11(24)22(26)7-5-14-12-9-18(23)17-10-19(25)13-8-16(13)21(17,3)15(12)4-6-20(14,22)2;1-2(3)4/h9-10,12-16,26H,4-8H2,1-3H3;1H3,(H,3,4)/t12-,13+,14-,15-,16-,20-,21-,22-;/m0./s1. The lowest BCUT2D eigenvalue weighted by molar-refractivity contribution is -0.157. The van der Waals surface area contributed by atoms with E-state index in [4.69, 9.17) is 21.5 Å². The molecule has 5 nitrogen and oxygen atoms in total. The van der Waals surface area contributed by atoms with E-state index in [0.29, 0.717) is 18.3 Å². The van der Waals surface area contributed by atoms with Crippen LogP contribution in [0.4, 0.5) is 0 Å². The second kappa shape index (κ2) is 6.77. The highest BCUT2D eigenvalue weighted by atomic mass is 35.5. The van der Waals surface area contributed by atoms with Gasteiger partial charge in [-0.2, -0.15) is 0 Å². The number of aliphatic carboxylic acids is 1. The van der Waals surface area contributed by atoms with Gasteiger partial charge in [0, 0.05) is 28.7 Å². The Balaban J connectivity index is 0.000000503. The van der Waals surface area contributed by atoms with Crippen molar-refractivity contribution in [3.63, 3.8) is 0 Å². The van der Waals surface area contributed by atoms with E-state index in [-0.39, 0.29) is 40.2 Å². The first-order valence-electron chi connectivity index (χ1n) is 10.9. The maximum absolute atomic E-state index is 12.3. The van der Waals surface area contributed by atoms with Crippen LogP contribution >= 0.6 is 11.6 Å². The van der Waals surface area contributed by atoms with Crippen molar-refractivity contribution in [2.75, 3.05) is 0 Å². The largest absolute Gasteiger partial charge is 0.481 e. The number of carboxylic acids is 1. The van der Waals surface area contributed by atoms with Gasteiger partial charge in [-0.05, 0) is 74.3 Å². The highest BCUT2D eigenvalue weighted by Crippen LogP contribution is 2.72. The zero-order valence-electron chi connectivity index (χ0n) is 18.1. The van der Waals surface area contributed by atoms with Crippen molar-refractivity contribution in [2.45, 2.75) is 65.4 Å². The number of carboxylic acid groups (broad SMARTS) is 1. The van der Waals surface area contributed by atoms with Crippen LogP contribution < -0.4 is 0 Å². The Hall–Kier alpha value is -1.46. The van der Waals surface area contributed by atoms with Crippen molar-refractivity contribution in [3.8, 4) is 0 Å². The lowest BCUT2D eigenvalue weighted by Crippen LogP contribution is -2.56. The van der Waals surface area contributed by atoms with Crippen LogP contribution in [0.5, 0.6) is 0 Å². The smallest absolute Gasteiger partial charge is 0.300 e. The highest BCUT2D eigenvalue weighted by Gasteiger charge is 2.69. The molecule has 0 spiro atoms. The molecule has 0 bridgehead atoms. The fourth-order valence-electron chi connectivity index (χ4n) is 7.56. The van der Waals surface area contributed by atoms with Gasteiger partial charge in [-0.15, -0.1) is 0 Å². The number of aliphatic hydroxyl groups is 1. The maximum Gasteiger partial charge on any atom is 0.300 e. The molecule has 0 aliphatic heterocycles. The number of hydrogen-bond acceptors (Lipinski definition) is 4. The van der Waals surface area contributed by atoms with Gasteiger partial charge in [0.15, 0.2) is 11.6 Å². The molecule has 0 amide bonds. The zero-order chi connectivity index (χ0) is 22.2. The summed E-state index contributed by atoms with van der Waals surface area (Å²) in [6.45, 7) is 7.05. The SMILES string of the molecule is CC(=O)O.CC(=O)[C@@]1(O)CC[C@H]2[C@@H]3C=C(Cl)C4=CC(=O)[C@@H]5C[C@@H]5[C@]4(C)[C@H]3CC[C@@]21C. The van der Waals surface area contributed by atoms with Crippen molar-refractivity contribution in [3.05, 3.63) is 22.8 Å². The summed E-state index contributed by atoms with van der Waals surface area (Å²) in [6, 6.07) is 0. The first kappa shape index (κ1) is 21.8. The third kappa shape index (κ3) is 2.74. The van der Waals surface area contributed by atoms with Crippen LogP contribution in [-0.2, 0) is 14.4 Å². The molecule has 2 N–H and O–H groups in total. The molecule has 164 valence electrons. The van der Waals surface area contributed by atoms with Crippen LogP contribution in [0.15, 0.2) is 22.8 Å². The Bertz CT molecular complexity index is 886. The van der Waals surface area contributed by atoms with E-state index in [0.717, 1.165) is 43.2 Å². The van der Waals surface area contributed by atoms with E-state index in [1.54, 1.807) is 0 Å². The van der Waals surface area contributed by atoms with E-state index in [2.05, 4.69) is 19.9 Å². The molecule has 3 fully saturated rings. The van der Waals surface area contributed by atoms with Crippen LogP contribution in [0.1, 0.15) is 59.8 Å². The fraction of sp³-hybridized carbons (Fsp3) is 0.708. The molecule has 0 saturated heterocycles. The average molecular weight is 435 g/mol. The molecule has 0 aromatic rings. The van der Waals surface area contributed by atoms with Gasteiger partial charge in [0.25, 0.3) is 5.97 Å². The number of carbonyl (C=O) groups excluding carboxylic acids is 2. The van der Waals surface area contributed by atoms with E-state index in [9.17, 15) is 14.7 Å². The number of allylic oxidation sites excluding steroid dienone is 4. The van der Waals surface area contributed by atoms with E-state index >= 15 is 0 Å². The molecule has 6 heteroatoms. The number of hydrogen-bond donors (Lipinski definition) is 2. The summed E-state index contributed by atoms with van der Waals surface area (Å²) in [5.74, 6) is 0.944. The third-order valence-electron chi connectivity index (χ3n) is 9.23. The molecule has 0 unspecified atom stereocenters. The minimum Gasteiger partial charge on any atom is -0.481 e. The lowest BCUT2D eigenvalue weighted by atomic mass is 9.47. The Morgan fingerprint density at radius 1 is 1.10 bits per heavy atom. The van der Waals surface area contributed by atoms with Crippen LogP contribution in [0.3, 0.4) is 0 Å². The minimum atomic E-state index is -1.20. The van der Waals surface area contributed by atoms with Crippen LogP contribution in [0, 0.1) is 40.4 Å². The van der Waals surface area contributed by atoms with Gasteiger partial charge in [0.1, 0.15) is 5.60 Å².